The number of anilines is 1. The van der Waals surface area contributed by atoms with Crippen LogP contribution in [0.1, 0.15) is 27.4 Å². The monoisotopic (exact) mass is 498 g/mol. The number of carbonyl (C=O) groups is 1. The van der Waals surface area contributed by atoms with E-state index in [1.165, 1.54) is 35.0 Å². The molecule has 0 aliphatic heterocycles. The molecule has 0 aliphatic rings. The van der Waals surface area contributed by atoms with Crippen LogP contribution in [0.15, 0.2) is 54.7 Å². The fourth-order valence-corrected chi connectivity index (χ4v) is 3.64. The third kappa shape index (κ3) is 5.30. The van der Waals surface area contributed by atoms with E-state index >= 15 is 0 Å². The van der Waals surface area contributed by atoms with Crippen molar-refractivity contribution in [3.8, 4) is 5.75 Å². The van der Waals surface area contributed by atoms with Crippen molar-refractivity contribution in [1.82, 2.24) is 19.6 Å². The normalized spacial score (nSPS) is 10.9. The largest absolute Gasteiger partial charge is 0.470 e. The standard InChI is InChI=1S/C23H20ClFN6O4/c1-14-22(15(2)30(27-14)12-16-5-3-4-6-19(16)25)26-23(32)20-9-10-29(28-20)13-35-21-8-7-17(31(33)34)11-18(21)24/h3-11H,12-13H2,1-2H3,(H,26,32). The number of nitro benzene ring substituents is 1. The van der Waals surface area contributed by atoms with Gasteiger partial charge in [-0.1, -0.05) is 29.8 Å². The summed E-state index contributed by atoms with van der Waals surface area (Å²) in [4.78, 5) is 23.0. The third-order valence-electron chi connectivity index (χ3n) is 5.25. The van der Waals surface area contributed by atoms with Crippen LogP contribution in [0.25, 0.3) is 0 Å². The number of nitrogens with one attached hydrogen (secondary N) is 1. The van der Waals surface area contributed by atoms with Gasteiger partial charge in [0, 0.05) is 23.9 Å². The van der Waals surface area contributed by atoms with Gasteiger partial charge in [-0.2, -0.15) is 10.2 Å². The minimum Gasteiger partial charge on any atom is -0.470 e. The summed E-state index contributed by atoms with van der Waals surface area (Å²) in [6.07, 6.45) is 1.55. The van der Waals surface area contributed by atoms with E-state index < -0.39 is 10.8 Å². The van der Waals surface area contributed by atoms with E-state index in [-0.39, 0.29) is 41.2 Å². The van der Waals surface area contributed by atoms with Crippen LogP contribution in [0, 0.1) is 29.8 Å². The Bertz CT molecular complexity index is 1420. The molecule has 2 aromatic carbocycles. The average Bonchev–Trinajstić information content (AvgIpc) is 3.40. The van der Waals surface area contributed by atoms with Crippen LogP contribution in [0.3, 0.4) is 0 Å². The molecule has 0 saturated carbocycles. The molecule has 1 amide bonds. The highest BCUT2D eigenvalue weighted by Gasteiger charge is 2.18. The molecule has 2 aromatic heterocycles. The van der Waals surface area contributed by atoms with E-state index in [0.29, 0.717) is 22.6 Å². The number of hydrogen-bond donors (Lipinski definition) is 1. The molecule has 1 N–H and O–H groups in total. The first-order chi connectivity index (χ1) is 16.7. The van der Waals surface area contributed by atoms with Crippen LogP contribution in [-0.2, 0) is 13.3 Å². The summed E-state index contributed by atoms with van der Waals surface area (Å²) in [5.74, 6) is -0.533. The maximum absolute atomic E-state index is 14.0. The molecule has 4 rings (SSSR count). The number of hydrogen-bond acceptors (Lipinski definition) is 6. The Balaban J connectivity index is 1.42. The maximum Gasteiger partial charge on any atom is 0.276 e. The molecule has 0 fully saturated rings. The predicted octanol–water partition coefficient (Wildman–Crippen LogP) is 4.73. The highest BCUT2D eigenvalue weighted by atomic mass is 35.5. The van der Waals surface area contributed by atoms with E-state index in [9.17, 15) is 19.3 Å². The van der Waals surface area contributed by atoms with Gasteiger partial charge in [0.2, 0.25) is 0 Å². The van der Waals surface area contributed by atoms with Gasteiger partial charge in [0.25, 0.3) is 11.6 Å². The molecule has 35 heavy (non-hydrogen) atoms. The first kappa shape index (κ1) is 23.9. The molecule has 0 spiro atoms. The highest BCUT2D eigenvalue weighted by Crippen LogP contribution is 2.29. The van der Waals surface area contributed by atoms with Gasteiger partial charge < -0.3 is 10.1 Å². The lowest BCUT2D eigenvalue weighted by atomic mass is 10.2. The zero-order valence-corrected chi connectivity index (χ0v) is 19.5. The first-order valence-corrected chi connectivity index (χ1v) is 10.8. The van der Waals surface area contributed by atoms with Crippen LogP contribution in [0.2, 0.25) is 5.02 Å². The summed E-state index contributed by atoms with van der Waals surface area (Å²) < 4.78 is 22.6. The first-order valence-electron chi connectivity index (χ1n) is 10.4. The van der Waals surface area contributed by atoms with E-state index in [2.05, 4.69) is 15.5 Å². The Labute approximate surface area is 204 Å². The van der Waals surface area contributed by atoms with E-state index in [1.807, 2.05) is 0 Å². The lowest BCUT2D eigenvalue weighted by molar-refractivity contribution is -0.384. The van der Waals surface area contributed by atoms with Crippen molar-refractivity contribution < 1.29 is 18.8 Å². The Morgan fingerprint density at radius 3 is 2.69 bits per heavy atom. The number of aromatic nitrogens is 4. The zero-order valence-electron chi connectivity index (χ0n) is 18.7. The number of nitro groups is 1. The number of aryl methyl sites for hydroxylation is 1. The van der Waals surface area contributed by atoms with Crippen LogP contribution in [0.5, 0.6) is 5.75 Å². The summed E-state index contributed by atoms with van der Waals surface area (Å²) in [6.45, 7) is 3.70. The lowest BCUT2D eigenvalue weighted by Gasteiger charge is -2.08. The molecule has 12 heteroatoms. The second-order valence-corrected chi connectivity index (χ2v) is 8.04. The Kier molecular flexibility index (Phi) is 6.78. The zero-order chi connectivity index (χ0) is 25.1. The van der Waals surface area contributed by atoms with Crippen molar-refractivity contribution in [2.75, 3.05) is 5.32 Å². The Hall–Kier alpha value is -4.25. The summed E-state index contributed by atoms with van der Waals surface area (Å²) in [5, 5.41) is 22.3. The number of rotatable bonds is 8. The molecule has 0 bridgehead atoms. The molecule has 180 valence electrons. The molecular weight excluding hydrogens is 479 g/mol. The summed E-state index contributed by atoms with van der Waals surface area (Å²) >= 11 is 6.02. The van der Waals surface area contributed by atoms with Gasteiger partial charge in [-0.05, 0) is 32.0 Å². The minimum atomic E-state index is -0.554. The second-order valence-electron chi connectivity index (χ2n) is 7.63. The highest BCUT2D eigenvalue weighted by molar-refractivity contribution is 6.32. The Morgan fingerprint density at radius 2 is 1.97 bits per heavy atom. The van der Waals surface area contributed by atoms with Gasteiger partial charge in [-0.3, -0.25) is 19.6 Å². The molecule has 4 aromatic rings. The van der Waals surface area contributed by atoms with Crippen molar-refractivity contribution in [3.05, 3.63) is 98.3 Å². The van der Waals surface area contributed by atoms with E-state index in [1.54, 1.807) is 42.9 Å². The molecule has 0 aliphatic carbocycles. The fourth-order valence-electron chi connectivity index (χ4n) is 3.41. The number of carbonyl (C=O) groups excluding carboxylic acids is 1. The molecule has 10 nitrogen and oxygen atoms in total. The van der Waals surface area contributed by atoms with Gasteiger partial charge >= 0.3 is 0 Å². The van der Waals surface area contributed by atoms with Crippen molar-refractivity contribution in [1.29, 1.82) is 0 Å². The summed E-state index contributed by atoms with van der Waals surface area (Å²) in [6, 6.07) is 11.8. The van der Waals surface area contributed by atoms with Crippen molar-refractivity contribution in [3.63, 3.8) is 0 Å². The molecule has 0 unspecified atom stereocenters. The predicted molar refractivity (Wildman–Crippen MR) is 126 cm³/mol. The average molecular weight is 499 g/mol. The van der Waals surface area contributed by atoms with Gasteiger partial charge in [-0.15, -0.1) is 0 Å². The number of ether oxygens (including phenoxy) is 1. The van der Waals surface area contributed by atoms with Gasteiger partial charge in [0.05, 0.1) is 33.6 Å². The molecular formula is C23H20ClFN6O4. The SMILES string of the molecule is Cc1nn(Cc2ccccc2F)c(C)c1NC(=O)c1ccn(COc2ccc([N+](=O)[O-])cc2Cl)n1. The van der Waals surface area contributed by atoms with Crippen LogP contribution < -0.4 is 10.1 Å². The number of non-ortho nitro benzene ring substituents is 1. The van der Waals surface area contributed by atoms with Gasteiger partial charge in [-0.25, -0.2) is 9.07 Å². The van der Waals surface area contributed by atoms with Gasteiger partial charge in [0.15, 0.2) is 12.4 Å². The minimum absolute atomic E-state index is 0.0660. The van der Waals surface area contributed by atoms with Gasteiger partial charge in [0.1, 0.15) is 11.6 Å². The maximum atomic E-state index is 14.0. The summed E-state index contributed by atoms with van der Waals surface area (Å²) in [7, 11) is 0. The molecule has 2 heterocycles. The number of halogens is 2. The topological polar surface area (TPSA) is 117 Å². The Morgan fingerprint density at radius 1 is 1.20 bits per heavy atom. The summed E-state index contributed by atoms with van der Waals surface area (Å²) in [5.41, 5.74) is 2.27. The van der Waals surface area contributed by atoms with E-state index in [4.69, 9.17) is 16.3 Å². The number of benzene rings is 2. The van der Waals surface area contributed by atoms with Crippen LogP contribution in [-0.4, -0.2) is 30.4 Å². The quantitative estimate of drug-likeness (QED) is 0.277. The van der Waals surface area contributed by atoms with Crippen molar-refractivity contribution in [2.24, 2.45) is 0 Å². The third-order valence-corrected chi connectivity index (χ3v) is 5.55. The fraction of sp³-hybridized carbons (Fsp3) is 0.174. The smallest absolute Gasteiger partial charge is 0.276 e. The van der Waals surface area contributed by atoms with E-state index in [0.717, 1.165) is 0 Å². The molecule has 0 atom stereocenters. The molecule has 0 radical (unpaired) electrons. The van der Waals surface area contributed by atoms with Crippen LogP contribution >= 0.6 is 11.6 Å². The number of amides is 1. The van der Waals surface area contributed by atoms with Crippen molar-refractivity contribution in [2.45, 2.75) is 27.1 Å². The van der Waals surface area contributed by atoms with Crippen molar-refractivity contribution >= 4 is 28.9 Å². The second kappa shape index (κ2) is 9.94. The molecule has 0 saturated heterocycles. The lowest BCUT2D eigenvalue weighted by Crippen LogP contribution is -2.15. The number of nitrogens with zero attached hydrogens (tertiary/aromatic N) is 5. The van der Waals surface area contributed by atoms with Crippen LogP contribution in [0.4, 0.5) is 15.8 Å².